The molecule has 3 nitrogen and oxygen atoms in total. The molecule has 1 radical (unpaired) electrons. The molecule has 1 aromatic heterocycles. The van der Waals surface area contributed by atoms with E-state index in [9.17, 15) is 9.90 Å². The fourth-order valence-corrected chi connectivity index (χ4v) is 8.84. The number of halogens is 2. The van der Waals surface area contributed by atoms with Crippen LogP contribution < -0.4 is 10.4 Å². The summed E-state index contributed by atoms with van der Waals surface area (Å²) in [6.45, 7) is 8.07. The van der Waals surface area contributed by atoms with Gasteiger partial charge in [0.25, 0.3) is 0 Å². The normalized spacial score (nSPS) is 13.5. The molecule has 0 saturated heterocycles. The van der Waals surface area contributed by atoms with E-state index in [-0.39, 0.29) is 53.9 Å². The van der Waals surface area contributed by atoms with Gasteiger partial charge in [-0.25, -0.2) is 0 Å². The molecule has 0 saturated carbocycles. The van der Waals surface area contributed by atoms with Crippen molar-refractivity contribution < 1.29 is 38.2 Å². The van der Waals surface area contributed by atoms with Crippen LogP contribution in [0.2, 0.25) is 0 Å². The number of aliphatic hydroxyl groups excluding tert-OH is 1. The van der Waals surface area contributed by atoms with E-state index in [1.165, 1.54) is 6.08 Å². The SMILES string of the molecule is CCC(CC)C(=O)/C=C(\O)C(CC)CC.F[Si]1(F)c2cc3ccccc3[c-]c2-c2nccc3c2c1cc1c2ccccc2ccc31.[Ir]. The summed E-state index contributed by atoms with van der Waals surface area (Å²) in [7, 11) is -4.96. The second kappa shape index (κ2) is 14.1. The van der Waals surface area contributed by atoms with Crippen LogP contribution in [0.1, 0.15) is 53.4 Å². The van der Waals surface area contributed by atoms with E-state index in [0.717, 1.165) is 63.4 Å². The second-order valence-electron chi connectivity index (χ2n) is 12.1. The number of rotatable bonds is 7. The van der Waals surface area contributed by atoms with Crippen LogP contribution in [-0.2, 0) is 24.9 Å². The summed E-state index contributed by atoms with van der Waals surface area (Å²) in [6.07, 6.45) is 6.64. The van der Waals surface area contributed by atoms with Crippen molar-refractivity contribution in [3.8, 4) is 11.3 Å². The summed E-state index contributed by atoms with van der Waals surface area (Å²) in [5, 5.41) is 17.0. The largest absolute Gasteiger partial charge is 0.512 e. The fraction of sp³-hybridized carbons (Fsp3) is 0.250. The van der Waals surface area contributed by atoms with Crippen LogP contribution in [0.15, 0.2) is 96.9 Å². The van der Waals surface area contributed by atoms with Gasteiger partial charge in [-0.2, -0.15) is 0 Å². The molecule has 5 aromatic carbocycles. The number of fused-ring (bicyclic) bond motifs is 7. The molecule has 1 aliphatic rings. The van der Waals surface area contributed by atoms with Crippen LogP contribution in [0.3, 0.4) is 0 Å². The fourth-order valence-electron chi connectivity index (χ4n) is 6.82. The number of aromatic nitrogens is 1. The predicted molar refractivity (Wildman–Crippen MR) is 190 cm³/mol. The van der Waals surface area contributed by atoms with Gasteiger partial charge >= 0.3 is 8.74 Å². The topological polar surface area (TPSA) is 50.2 Å². The zero-order valence-electron chi connectivity index (χ0n) is 27.0. The maximum atomic E-state index is 16.2. The van der Waals surface area contributed by atoms with Crippen molar-refractivity contribution in [3.05, 3.63) is 103 Å². The number of carbonyl (C=O) groups excluding carboxylic acids is 1. The van der Waals surface area contributed by atoms with Gasteiger partial charge in [0.15, 0.2) is 5.78 Å². The molecule has 0 unspecified atom stereocenters. The third kappa shape index (κ3) is 6.17. The van der Waals surface area contributed by atoms with Crippen molar-refractivity contribution in [1.82, 2.24) is 4.98 Å². The van der Waals surface area contributed by atoms with E-state index < -0.39 is 8.74 Å². The molecular formula is C40H38F2IrNO2Si-. The zero-order chi connectivity index (χ0) is 32.6. The zero-order valence-corrected chi connectivity index (χ0v) is 30.4. The average molecular weight is 823 g/mol. The third-order valence-electron chi connectivity index (χ3n) is 9.55. The molecule has 0 spiro atoms. The molecule has 0 bridgehead atoms. The minimum absolute atomic E-state index is 0. The Morgan fingerprint density at radius 2 is 1.45 bits per heavy atom. The first kappa shape index (κ1) is 34.6. The molecule has 47 heavy (non-hydrogen) atoms. The average Bonchev–Trinajstić information content (AvgIpc) is 3.07. The van der Waals surface area contributed by atoms with Gasteiger partial charge in [-0.1, -0.05) is 93.2 Å². The van der Waals surface area contributed by atoms with Crippen LogP contribution in [0, 0.1) is 17.9 Å². The molecule has 7 heteroatoms. The van der Waals surface area contributed by atoms with Crippen LogP contribution in [0.5, 0.6) is 0 Å². The van der Waals surface area contributed by atoms with Gasteiger partial charge < -0.3 is 5.11 Å². The monoisotopic (exact) mass is 823 g/mol. The molecule has 2 heterocycles. The van der Waals surface area contributed by atoms with Gasteiger partial charge in [0.1, 0.15) is 0 Å². The molecule has 6 aromatic rings. The molecular weight excluding hydrogens is 785 g/mol. The van der Waals surface area contributed by atoms with E-state index in [4.69, 9.17) is 0 Å². The van der Waals surface area contributed by atoms with Crippen molar-refractivity contribution in [3.63, 3.8) is 0 Å². The number of hydrogen-bond donors (Lipinski definition) is 1. The van der Waals surface area contributed by atoms with Crippen molar-refractivity contribution in [2.45, 2.75) is 53.4 Å². The summed E-state index contributed by atoms with van der Waals surface area (Å²) >= 11 is 0. The van der Waals surface area contributed by atoms with E-state index in [1.54, 1.807) is 18.3 Å². The Morgan fingerprint density at radius 3 is 2.15 bits per heavy atom. The molecule has 0 amide bonds. The van der Waals surface area contributed by atoms with Crippen LogP contribution in [0.25, 0.3) is 54.3 Å². The first-order valence-electron chi connectivity index (χ1n) is 16.2. The first-order chi connectivity index (χ1) is 22.2. The maximum absolute atomic E-state index is 16.2. The number of allylic oxidation sites excluding steroid dienone is 2. The van der Waals surface area contributed by atoms with E-state index >= 15 is 8.22 Å². The molecule has 243 valence electrons. The van der Waals surface area contributed by atoms with Gasteiger partial charge in [0.05, 0.1) is 5.76 Å². The Bertz CT molecular complexity index is 2140. The van der Waals surface area contributed by atoms with Crippen molar-refractivity contribution in [2.75, 3.05) is 0 Å². The quantitative estimate of drug-likeness (QED) is 0.0436. The summed E-state index contributed by atoms with van der Waals surface area (Å²) in [5.74, 6) is 0.547. The molecule has 1 aliphatic heterocycles. The van der Waals surface area contributed by atoms with Crippen molar-refractivity contribution in [1.29, 1.82) is 0 Å². The summed E-state index contributed by atoms with van der Waals surface area (Å²) in [4.78, 5) is 16.3. The Labute approximate surface area is 289 Å². The number of carbonyl (C=O) groups is 1. The van der Waals surface area contributed by atoms with Crippen LogP contribution >= 0.6 is 0 Å². The summed E-state index contributed by atoms with van der Waals surface area (Å²) in [5.41, 5.74) is 1.07. The number of benzene rings is 5. The Kier molecular flexibility index (Phi) is 10.4. The van der Waals surface area contributed by atoms with Crippen molar-refractivity contribution >= 4 is 68.0 Å². The first-order valence-corrected chi connectivity index (χ1v) is 18.0. The number of ketones is 1. The number of nitrogens with zero attached hydrogens (tertiary/aromatic N) is 1. The minimum Gasteiger partial charge on any atom is -0.512 e. The summed E-state index contributed by atoms with van der Waals surface area (Å²) < 4.78 is 32.4. The molecule has 0 atom stereocenters. The minimum atomic E-state index is -4.96. The molecule has 0 aliphatic carbocycles. The van der Waals surface area contributed by atoms with Crippen LogP contribution in [-0.4, -0.2) is 24.6 Å². The van der Waals surface area contributed by atoms with Gasteiger partial charge in [-0.3, -0.25) is 18.0 Å². The number of aliphatic hydroxyl groups is 1. The van der Waals surface area contributed by atoms with Gasteiger partial charge in [-0.05, 0) is 75.3 Å². The molecule has 1 N–H and O–H groups in total. The summed E-state index contributed by atoms with van der Waals surface area (Å²) in [6, 6.07) is 28.2. The Balaban J connectivity index is 0.000000234. The molecule has 0 fully saturated rings. The van der Waals surface area contributed by atoms with Crippen LogP contribution in [0.4, 0.5) is 8.22 Å². The van der Waals surface area contributed by atoms with Gasteiger partial charge in [0.2, 0.25) is 0 Å². The predicted octanol–water partition coefficient (Wildman–Crippen LogP) is 9.84. The van der Waals surface area contributed by atoms with E-state index in [1.807, 2.05) is 88.4 Å². The van der Waals surface area contributed by atoms with E-state index in [2.05, 4.69) is 17.1 Å². The third-order valence-corrected chi connectivity index (χ3v) is 11.7. The standard InChI is InChI=1S/C27H14F2NSi.C13H24O2.Ir/c28-31(29)24-14-18-7-2-1-6-17(18)13-23(24)27-26-21(11-12-30-27)20-10-9-16-5-3-4-8-19(16)22(20)15-25(26)31;1-5-10(6-2)12(14)9-13(15)11(7-3)8-4;/h1-12,14-15H;9-11,14H,5-8H2,1-4H3;/q-1;;/b;12-9-;. The Morgan fingerprint density at radius 1 is 0.787 bits per heavy atom. The maximum Gasteiger partial charge on any atom is 0.451 e. The smallest absolute Gasteiger partial charge is 0.451 e. The second-order valence-corrected chi connectivity index (χ2v) is 14.3. The van der Waals surface area contributed by atoms with Crippen molar-refractivity contribution in [2.24, 2.45) is 11.8 Å². The van der Waals surface area contributed by atoms with Gasteiger partial charge in [-0.15, -0.1) is 23.6 Å². The number of pyridine rings is 1. The Hall–Kier alpha value is -3.77. The molecule has 7 rings (SSSR count). The van der Waals surface area contributed by atoms with Gasteiger partial charge in [0, 0.05) is 55.1 Å². The van der Waals surface area contributed by atoms with E-state index in [0.29, 0.717) is 16.6 Å². The number of hydrogen-bond acceptors (Lipinski definition) is 3.